The van der Waals surface area contributed by atoms with Gasteiger partial charge in [0.1, 0.15) is 13.2 Å². The maximum absolute atomic E-state index is 12.9. The highest BCUT2D eigenvalue weighted by molar-refractivity contribution is 5.71. The minimum absolute atomic E-state index is 0.0801. The van der Waals surface area contributed by atoms with Crippen LogP contribution in [0.3, 0.4) is 0 Å². The Balaban J connectivity index is 4.38. The van der Waals surface area contributed by atoms with Gasteiger partial charge in [-0.2, -0.15) is 0 Å². The normalized spacial score (nSPS) is 12.6. The number of allylic oxidation sites excluding steroid dienone is 12. The van der Waals surface area contributed by atoms with Gasteiger partial charge in [-0.3, -0.25) is 14.4 Å². The molecular formula is C64H112O6. The number of esters is 3. The fraction of sp³-hybridized carbons (Fsp3) is 0.766. The highest BCUT2D eigenvalue weighted by Crippen LogP contribution is 2.17. The third-order valence-corrected chi connectivity index (χ3v) is 13.0. The molecule has 6 heteroatoms. The fourth-order valence-corrected chi connectivity index (χ4v) is 8.53. The van der Waals surface area contributed by atoms with E-state index in [0.29, 0.717) is 19.3 Å². The topological polar surface area (TPSA) is 78.9 Å². The summed E-state index contributed by atoms with van der Waals surface area (Å²) in [7, 11) is 0. The Morgan fingerprint density at radius 1 is 0.300 bits per heavy atom. The Kier molecular flexibility index (Phi) is 55.8. The van der Waals surface area contributed by atoms with E-state index >= 15 is 0 Å². The van der Waals surface area contributed by atoms with Gasteiger partial charge in [0, 0.05) is 19.3 Å². The molecule has 0 aliphatic heterocycles. The molecule has 0 aromatic rings. The molecular weight excluding hydrogens is 865 g/mol. The lowest BCUT2D eigenvalue weighted by Gasteiger charge is -2.18. The Morgan fingerprint density at radius 2 is 0.557 bits per heavy atom. The van der Waals surface area contributed by atoms with E-state index in [1.165, 1.54) is 148 Å². The van der Waals surface area contributed by atoms with Gasteiger partial charge in [-0.15, -0.1) is 0 Å². The minimum atomic E-state index is -0.784. The average molecular weight is 978 g/mol. The van der Waals surface area contributed by atoms with Crippen LogP contribution in [0.15, 0.2) is 72.9 Å². The van der Waals surface area contributed by atoms with E-state index in [1.54, 1.807) is 0 Å². The summed E-state index contributed by atoms with van der Waals surface area (Å²) >= 11 is 0. The highest BCUT2D eigenvalue weighted by Gasteiger charge is 2.19. The molecule has 0 amide bonds. The molecule has 0 aliphatic rings. The van der Waals surface area contributed by atoms with Gasteiger partial charge in [0.25, 0.3) is 0 Å². The Hall–Kier alpha value is -3.15. The van der Waals surface area contributed by atoms with E-state index in [1.807, 2.05) is 0 Å². The second-order valence-electron chi connectivity index (χ2n) is 19.9. The molecule has 0 N–H and O–H groups in total. The predicted octanol–water partition coefficient (Wildman–Crippen LogP) is 20.2. The predicted molar refractivity (Wildman–Crippen MR) is 302 cm³/mol. The molecule has 0 aliphatic carbocycles. The van der Waals surface area contributed by atoms with E-state index < -0.39 is 6.10 Å². The molecule has 0 radical (unpaired) electrons. The zero-order valence-corrected chi connectivity index (χ0v) is 46.3. The standard InChI is InChI=1S/C64H112O6/c1-4-7-10-13-16-19-22-25-28-31-34-36-39-42-45-48-51-54-57-63(66)69-60-61(70-64(67)58-55-52-49-46-43-40-37-33-30-27-24-21-18-15-12-9-6-3)59-68-62(65)56-53-50-47-44-41-38-35-32-29-26-23-20-17-14-11-8-5-2/h8-9,11-12,17-18,20-21,26-27,29-30,61H,4-7,10,13-16,19,22-25,28,31-60H2,1-3H3/b11-8-,12-9-,20-17-,21-18-,29-26-,30-27-. The molecule has 0 rings (SSSR count). The zero-order valence-electron chi connectivity index (χ0n) is 46.3. The van der Waals surface area contributed by atoms with Crippen LogP contribution in [0.2, 0.25) is 0 Å². The lowest BCUT2D eigenvalue weighted by atomic mass is 10.0. The van der Waals surface area contributed by atoms with Crippen molar-refractivity contribution in [3.63, 3.8) is 0 Å². The van der Waals surface area contributed by atoms with E-state index in [9.17, 15) is 14.4 Å². The molecule has 0 heterocycles. The van der Waals surface area contributed by atoms with Crippen LogP contribution in [0.25, 0.3) is 0 Å². The number of rotatable bonds is 54. The fourth-order valence-electron chi connectivity index (χ4n) is 8.53. The quantitative estimate of drug-likeness (QED) is 0.0261. The van der Waals surface area contributed by atoms with Gasteiger partial charge in [-0.1, -0.05) is 267 Å². The van der Waals surface area contributed by atoms with Crippen molar-refractivity contribution in [2.45, 2.75) is 303 Å². The zero-order chi connectivity index (χ0) is 50.7. The molecule has 0 fully saturated rings. The highest BCUT2D eigenvalue weighted by atomic mass is 16.6. The van der Waals surface area contributed by atoms with Gasteiger partial charge in [0.2, 0.25) is 0 Å². The van der Waals surface area contributed by atoms with Crippen LogP contribution in [-0.4, -0.2) is 37.2 Å². The smallest absolute Gasteiger partial charge is 0.306 e. The number of ether oxygens (including phenoxy) is 3. The summed E-state index contributed by atoms with van der Waals surface area (Å²) < 4.78 is 16.9. The number of hydrogen-bond donors (Lipinski definition) is 0. The second kappa shape index (κ2) is 58.4. The molecule has 0 bridgehead atoms. The lowest BCUT2D eigenvalue weighted by molar-refractivity contribution is -0.167. The molecule has 70 heavy (non-hydrogen) atoms. The van der Waals surface area contributed by atoms with Gasteiger partial charge >= 0.3 is 17.9 Å². The van der Waals surface area contributed by atoms with Gasteiger partial charge in [0.05, 0.1) is 0 Å². The van der Waals surface area contributed by atoms with Crippen molar-refractivity contribution >= 4 is 17.9 Å². The second-order valence-corrected chi connectivity index (χ2v) is 19.9. The first kappa shape index (κ1) is 66.9. The number of hydrogen-bond acceptors (Lipinski definition) is 6. The largest absolute Gasteiger partial charge is 0.462 e. The van der Waals surface area contributed by atoms with Crippen molar-refractivity contribution in [1.82, 2.24) is 0 Å². The van der Waals surface area contributed by atoms with Crippen molar-refractivity contribution < 1.29 is 28.6 Å². The molecule has 1 unspecified atom stereocenters. The molecule has 404 valence electrons. The SMILES string of the molecule is CC/C=C\C/C=C\C/C=C\CCCCCCCCCC(=O)OCC(COC(=O)CCCCCCCCCCCCCCCCCCCC)OC(=O)CCCCCCCCC/C=C\C/C=C\C/C=C\CC. The molecule has 0 aromatic heterocycles. The first-order chi connectivity index (χ1) is 34.5. The Labute approximate surface area is 433 Å². The summed E-state index contributed by atoms with van der Waals surface area (Å²) in [5.74, 6) is -0.887. The van der Waals surface area contributed by atoms with Crippen molar-refractivity contribution in [1.29, 1.82) is 0 Å². The molecule has 0 saturated carbocycles. The summed E-state index contributed by atoms with van der Waals surface area (Å²) in [6.07, 6.45) is 74.6. The van der Waals surface area contributed by atoms with Gasteiger partial charge in [-0.05, 0) is 83.5 Å². The molecule has 0 saturated heterocycles. The first-order valence-electron chi connectivity index (χ1n) is 29.9. The van der Waals surface area contributed by atoms with E-state index in [-0.39, 0.29) is 31.1 Å². The maximum Gasteiger partial charge on any atom is 0.306 e. The van der Waals surface area contributed by atoms with Crippen LogP contribution in [-0.2, 0) is 28.6 Å². The monoisotopic (exact) mass is 977 g/mol. The minimum Gasteiger partial charge on any atom is -0.462 e. The third kappa shape index (κ3) is 55.8. The van der Waals surface area contributed by atoms with Crippen LogP contribution < -0.4 is 0 Å². The van der Waals surface area contributed by atoms with Crippen LogP contribution >= 0.6 is 0 Å². The van der Waals surface area contributed by atoms with E-state index in [4.69, 9.17) is 14.2 Å². The van der Waals surface area contributed by atoms with Crippen molar-refractivity contribution in [3.05, 3.63) is 72.9 Å². The summed E-state index contributed by atoms with van der Waals surface area (Å²) in [4.78, 5) is 38.2. The van der Waals surface area contributed by atoms with Crippen molar-refractivity contribution in [3.8, 4) is 0 Å². The van der Waals surface area contributed by atoms with Gasteiger partial charge in [-0.25, -0.2) is 0 Å². The lowest BCUT2D eigenvalue weighted by Crippen LogP contribution is -2.30. The third-order valence-electron chi connectivity index (χ3n) is 13.0. The Bertz CT molecular complexity index is 1310. The van der Waals surface area contributed by atoms with Crippen LogP contribution in [0.1, 0.15) is 297 Å². The van der Waals surface area contributed by atoms with Crippen LogP contribution in [0.5, 0.6) is 0 Å². The van der Waals surface area contributed by atoms with Crippen molar-refractivity contribution in [2.75, 3.05) is 13.2 Å². The summed E-state index contributed by atoms with van der Waals surface area (Å²) in [5, 5.41) is 0. The van der Waals surface area contributed by atoms with Crippen LogP contribution in [0.4, 0.5) is 0 Å². The first-order valence-corrected chi connectivity index (χ1v) is 29.9. The average Bonchev–Trinajstić information content (AvgIpc) is 3.36. The van der Waals surface area contributed by atoms with Crippen LogP contribution in [0, 0.1) is 0 Å². The van der Waals surface area contributed by atoms with Gasteiger partial charge in [0.15, 0.2) is 6.10 Å². The summed E-state index contributed by atoms with van der Waals surface area (Å²) in [6.45, 7) is 6.44. The van der Waals surface area contributed by atoms with E-state index in [0.717, 1.165) is 109 Å². The number of carbonyl (C=O) groups excluding carboxylic acids is 3. The number of carbonyl (C=O) groups is 3. The van der Waals surface area contributed by atoms with Gasteiger partial charge < -0.3 is 14.2 Å². The molecule has 0 aromatic carbocycles. The van der Waals surface area contributed by atoms with E-state index in [2.05, 4.69) is 93.7 Å². The molecule has 0 spiro atoms. The Morgan fingerprint density at radius 3 is 0.871 bits per heavy atom. The molecule has 1 atom stereocenters. The molecule has 6 nitrogen and oxygen atoms in total. The maximum atomic E-state index is 12.9. The number of unbranched alkanes of at least 4 members (excludes halogenated alkanes) is 31. The summed E-state index contributed by atoms with van der Waals surface area (Å²) in [5.41, 5.74) is 0. The summed E-state index contributed by atoms with van der Waals surface area (Å²) in [6, 6.07) is 0. The van der Waals surface area contributed by atoms with Crippen molar-refractivity contribution in [2.24, 2.45) is 0 Å².